The Bertz CT molecular complexity index is 389. The lowest BCUT2D eigenvalue weighted by Crippen LogP contribution is -2.20. The highest BCUT2D eigenvalue weighted by Gasteiger charge is 2.11. The molecule has 1 rings (SSSR count). The number of nitrogens with zero attached hydrogens (tertiary/aromatic N) is 1. The fourth-order valence-electron chi connectivity index (χ4n) is 0.957. The van der Waals surface area contributed by atoms with Gasteiger partial charge in [-0.15, -0.1) is 0 Å². The standard InChI is InChI=1S/C10H11NO4/c1-7(12)8(2)15-10-5-3-4-9(6-10)11(13)14/h3-6,8H,1-2H3. The number of ether oxygens (including phenoxy) is 1. The highest BCUT2D eigenvalue weighted by atomic mass is 16.6. The molecule has 1 atom stereocenters. The summed E-state index contributed by atoms with van der Waals surface area (Å²) in [5, 5.41) is 10.5. The third-order valence-electron chi connectivity index (χ3n) is 1.91. The van der Waals surface area contributed by atoms with E-state index in [-0.39, 0.29) is 11.5 Å². The Morgan fingerprint density at radius 1 is 1.53 bits per heavy atom. The van der Waals surface area contributed by atoms with E-state index in [1.54, 1.807) is 13.0 Å². The molecule has 0 fully saturated rings. The van der Waals surface area contributed by atoms with E-state index < -0.39 is 11.0 Å². The Labute approximate surface area is 86.8 Å². The molecule has 0 radical (unpaired) electrons. The van der Waals surface area contributed by atoms with Gasteiger partial charge in [-0.1, -0.05) is 6.07 Å². The highest BCUT2D eigenvalue weighted by molar-refractivity contribution is 5.80. The molecule has 80 valence electrons. The normalized spacial score (nSPS) is 11.9. The Hall–Kier alpha value is -1.91. The van der Waals surface area contributed by atoms with E-state index in [1.165, 1.54) is 25.1 Å². The third-order valence-corrected chi connectivity index (χ3v) is 1.91. The summed E-state index contributed by atoms with van der Waals surface area (Å²) < 4.78 is 5.21. The summed E-state index contributed by atoms with van der Waals surface area (Å²) in [6.07, 6.45) is -0.591. The predicted molar refractivity (Wildman–Crippen MR) is 53.9 cm³/mol. The van der Waals surface area contributed by atoms with Crippen LogP contribution in [0.4, 0.5) is 5.69 Å². The van der Waals surface area contributed by atoms with Crippen molar-refractivity contribution in [3.05, 3.63) is 34.4 Å². The van der Waals surface area contributed by atoms with E-state index in [0.29, 0.717) is 5.75 Å². The summed E-state index contributed by atoms with van der Waals surface area (Å²) in [6.45, 7) is 3.00. The minimum Gasteiger partial charge on any atom is -0.483 e. The molecule has 0 aliphatic carbocycles. The molecule has 1 aromatic carbocycles. The molecule has 0 saturated carbocycles. The van der Waals surface area contributed by atoms with Gasteiger partial charge < -0.3 is 4.74 Å². The third kappa shape index (κ3) is 3.05. The van der Waals surface area contributed by atoms with Crippen molar-refractivity contribution in [3.8, 4) is 5.75 Å². The van der Waals surface area contributed by atoms with Crippen LogP contribution in [0.3, 0.4) is 0 Å². The highest BCUT2D eigenvalue weighted by Crippen LogP contribution is 2.20. The van der Waals surface area contributed by atoms with Crippen molar-refractivity contribution in [2.75, 3.05) is 0 Å². The molecule has 5 heteroatoms. The van der Waals surface area contributed by atoms with Gasteiger partial charge in [0.15, 0.2) is 11.9 Å². The molecule has 0 spiro atoms. The Morgan fingerprint density at radius 3 is 2.73 bits per heavy atom. The maximum Gasteiger partial charge on any atom is 0.273 e. The number of rotatable bonds is 4. The van der Waals surface area contributed by atoms with Gasteiger partial charge in [0.25, 0.3) is 5.69 Å². The smallest absolute Gasteiger partial charge is 0.273 e. The van der Waals surface area contributed by atoms with E-state index in [2.05, 4.69) is 0 Å². The quantitative estimate of drug-likeness (QED) is 0.561. The summed E-state index contributed by atoms with van der Waals surface area (Å²) in [7, 11) is 0. The Balaban J connectivity index is 2.82. The van der Waals surface area contributed by atoms with Gasteiger partial charge >= 0.3 is 0 Å². The molecule has 0 bridgehead atoms. The maximum absolute atomic E-state index is 10.9. The molecule has 5 nitrogen and oxygen atoms in total. The predicted octanol–water partition coefficient (Wildman–Crippen LogP) is 1.95. The van der Waals surface area contributed by atoms with Gasteiger partial charge in [0.1, 0.15) is 5.75 Å². The Morgan fingerprint density at radius 2 is 2.20 bits per heavy atom. The van der Waals surface area contributed by atoms with E-state index in [4.69, 9.17) is 4.74 Å². The number of hydrogen-bond donors (Lipinski definition) is 0. The molecule has 0 aliphatic rings. The van der Waals surface area contributed by atoms with Crippen LogP contribution in [0.15, 0.2) is 24.3 Å². The second kappa shape index (κ2) is 4.54. The molecule has 15 heavy (non-hydrogen) atoms. The van der Waals surface area contributed by atoms with Gasteiger partial charge in [-0.05, 0) is 19.9 Å². The molecular weight excluding hydrogens is 198 g/mol. The molecular formula is C10H11NO4. The summed E-state index contributed by atoms with van der Waals surface area (Å²) in [4.78, 5) is 20.9. The lowest BCUT2D eigenvalue weighted by atomic mass is 10.2. The van der Waals surface area contributed by atoms with E-state index >= 15 is 0 Å². The van der Waals surface area contributed by atoms with Gasteiger partial charge in [-0.2, -0.15) is 0 Å². The molecule has 0 aromatic heterocycles. The molecule has 0 N–H and O–H groups in total. The van der Waals surface area contributed by atoms with Gasteiger partial charge in [0, 0.05) is 6.07 Å². The van der Waals surface area contributed by atoms with Crippen molar-refractivity contribution in [1.82, 2.24) is 0 Å². The summed E-state index contributed by atoms with van der Waals surface area (Å²) >= 11 is 0. The van der Waals surface area contributed by atoms with Crippen molar-refractivity contribution in [3.63, 3.8) is 0 Å². The van der Waals surface area contributed by atoms with Crippen LogP contribution in [-0.2, 0) is 4.79 Å². The molecule has 1 aromatic rings. The number of ketones is 1. The van der Waals surface area contributed by atoms with Gasteiger partial charge in [0.05, 0.1) is 11.0 Å². The van der Waals surface area contributed by atoms with Crippen LogP contribution in [0.5, 0.6) is 5.75 Å². The zero-order valence-corrected chi connectivity index (χ0v) is 8.47. The van der Waals surface area contributed by atoms with E-state index in [1.807, 2.05) is 0 Å². The fourth-order valence-corrected chi connectivity index (χ4v) is 0.957. The van der Waals surface area contributed by atoms with Crippen molar-refractivity contribution >= 4 is 11.5 Å². The first-order chi connectivity index (χ1) is 7.00. The number of Topliss-reactive ketones (excluding diaryl/α,β-unsaturated/α-hetero) is 1. The fraction of sp³-hybridized carbons (Fsp3) is 0.300. The zero-order chi connectivity index (χ0) is 11.4. The SMILES string of the molecule is CC(=O)C(C)Oc1cccc([N+](=O)[O-])c1. The molecule has 0 amide bonds. The van der Waals surface area contributed by atoms with E-state index in [9.17, 15) is 14.9 Å². The number of benzene rings is 1. The second-order valence-corrected chi connectivity index (χ2v) is 3.13. The summed E-state index contributed by atoms with van der Waals surface area (Å²) in [5.41, 5.74) is -0.0525. The number of non-ortho nitro benzene ring substituents is 1. The monoisotopic (exact) mass is 209 g/mol. The first kappa shape index (κ1) is 11.2. The first-order valence-electron chi connectivity index (χ1n) is 4.42. The average Bonchev–Trinajstić information content (AvgIpc) is 2.18. The maximum atomic E-state index is 10.9. The van der Waals surface area contributed by atoms with Crippen LogP contribution >= 0.6 is 0 Å². The summed E-state index contributed by atoms with van der Waals surface area (Å²) in [6, 6.07) is 5.75. The number of carbonyl (C=O) groups is 1. The van der Waals surface area contributed by atoms with Crippen LogP contribution in [0.25, 0.3) is 0 Å². The number of carbonyl (C=O) groups excluding carboxylic acids is 1. The van der Waals surface area contributed by atoms with Crippen LogP contribution < -0.4 is 4.74 Å². The largest absolute Gasteiger partial charge is 0.483 e. The number of nitro groups is 1. The minimum absolute atomic E-state index is 0.0525. The van der Waals surface area contributed by atoms with Crippen molar-refractivity contribution in [2.45, 2.75) is 20.0 Å². The van der Waals surface area contributed by atoms with Crippen LogP contribution in [0.2, 0.25) is 0 Å². The lowest BCUT2D eigenvalue weighted by Gasteiger charge is -2.10. The minimum atomic E-state index is -0.591. The average molecular weight is 209 g/mol. The van der Waals surface area contributed by atoms with Crippen molar-refractivity contribution in [2.24, 2.45) is 0 Å². The second-order valence-electron chi connectivity index (χ2n) is 3.13. The van der Waals surface area contributed by atoms with Gasteiger partial charge in [0.2, 0.25) is 0 Å². The van der Waals surface area contributed by atoms with Crippen LogP contribution in [-0.4, -0.2) is 16.8 Å². The van der Waals surface area contributed by atoms with Crippen LogP contribution in [0, 0.1) is 10.1 Å². The molecule has 0 heterocycles. The molecule has 0 aliphatic heterocycles. The molecule has 1 unspecified atom stereocenters. The van der Waals surface area contributed by atoms with Crippen LogP contribution in [0.1, 0.15) is 13.8 Å². The van der Waals surface area contributed by atoms with Gasteiger partial charge in [-0.25, -0.2) is 0 Å². The lowest BCUT2D eigenvalue weighted by molar-refractivity contribution is -0.384. The number of nitro benzene ring substituents is 1. The first-order valence-corrected chi connectivity index (χ1v) is 4.42. The Kier molecular flexibility index (Phi) is 3.38. The zero-order valence-electron chi connectivity index (χ0n) is 8.47. The topological polar surface area (TPSA) is 69.4 Å². The number of hydrogen-bond acceptors (Lipinski definition) is 4. The summed E-state index contributed by atoms with van der Waals surface area (Å²) in [5.74, 6) is 0.202. The van der Waals surface area contributed by atoms with Crippen molar-refractivity contribution < 1.29 is 14.5 Å². The van der Waals surface area contributed by atoms with E-state index in [0.717, 1.165) is 0 Å². The van der Waals surface area contributed by atoms with Gasteiger partial charge in [-0.3, -0.25) is 14.9 Å². The molecule has 0 saturated heterocycles. The van der Waals surface area contributed by atoms with Crippen molar-refractivity contribution in [1.29, 1.82) is 0 Å².